The van der Waals surface area contributed by atoms with E-state index in [2.05, 4.69) is 16.0 Å². The zero-order valence-corrected chi connectivity index (χ0v) is 17.1. The second kappa shape index (κ2) is 7.81. The number of benzene rings is 1. The van der Waals surface area contributed by atoms with E-state index in [4.69, 9.17) is 11.6 Å². The van der Waals surface area contributed by atoms with E-state index in [9.17, 15) is 14.4 Å². The summed E-state index contributed by atoms with van der Waals surface area (Å²) in [6, 6.07) is 10.0. The SMILES string of the molecule is Cc1cc(=O)c(C(=O)NNC(=O)c2cc3c(s2)CCC3)nn1-c1ccc(Cl)cc1. The van der Waals surface area contributed by atoms with Gasteiger partial charge in [-0.2, -0.15) is 5.10 Å². The van der Waals surface area contributed by atoms with Crippen molar-refractivity contribution in [1.29, 1.82) is 0 Å². The fourth-order valence-corrected chi connectivity index (χ4v) is 4.50. The maximum absolute atomic E-state index is 12.5. The van der Waals surface area contributed by atoms with E-state index in [0.29, 0.717) is 21.3 Å². The summed E-state index contributed by atoms with van der Waals surface area (Å²) >= 11 is 7.34. The molecular weight excluding hydrogens is 412 g/mol. The zero-order chi connectivity index (χ0) is 20.5. The molecule has 0 atom stereocenters. The Balaban J connectivity index is 1.52. The molecule has 0 aliphatic heterocycles. The summed E-state index contributed by atoms with van der Waals surface area (Å²) in [6.45, 7) is 1.71. The highest BCUT2D eigenvalue weighted by atomic mass is 35.5. The lowest BCUT2D eigenvalue weighted by Crippen LogP contribution is -2.43. The lowest BCUT2D eigenvalue weighted by atomic mass is 10.2. The summed E-state index contributed by atoms with van der Waals surface area (Å²) in [5.74, 6) is -1.20. The van der Waals surface area contributed by atoms with Crippen LogP contribution in [0.3, 0.4) is 0 Å². The van der Waals surface area contributed by atoms with Gasteiger partial charge in [0.15, 0.2) is 5.69 Å². The van der Waals surface area contributed by atoms with E-state index in [0.717, 1.165) is 19.3 Å². The van der Waals surface area contributed by atoms with Gasteiger partial charge in [0.2, 0.25) is 5.43 Å². The Labute approximate surface area is 175 Å². The molecule has 4 rings (SSSR count). The van der Waals surface area contributed by atoms with Gasteiger partial charge < -0.3 is 0 Å². The molecule has 1 aliphatic carbocycles. The van der Waals surface area contributed by atoms with Gasteiger partial charge in [0.25, 0.3) is 11.8 Å². The number of rotatable bonds is 3. The summed E-state index contributed by atoms with van der Waals surface area (Å²) in [4.78, 5) is 38.8. The number of hydrazine groups is 1. The highest BCUT2D eigenvalue weighted by Gasteiger charge is 2.20. The lowest BCUT2D eigenvalue weighted by molar-refractivity contribution is 0.0844. The largest absolute Gasteiger partial charge is 0.294 e. The molecule has 7 nitrogen and oxygen atoms in total. The van der Waals surface area contributed by atoms with Crippen molar-refractivity contribution in [2.45, 2.75) is 26.2 Å². The molecule has 2 heterocycles. The van der Waals surface area contributed by atoms with Crippen LogP contribution in [0.25, 0.3) is 5.69 Å². The Morgan fingerprint density at radius 1 is 1.10 bits per heavy atom. The second-order valence-electron chi connectivity index (χ2n) is 6.71. The lowest BCUT2D eigenvalue weighted by Gasteiger charge is -2.11. The molecule has 1 aliphatic rings. The van der Waals surface area contributed by atoms with E-state index in [1.807, 2.05) is 6.07 Å². The molecule has 0 saturated heterocycles. The Kier molecular flexibility index (Phi) is 5.21. The number of hydrogen-bond acceptors (Lipinski definition) is 5. The molecule has 2 N–H and O–H groups in total. The number of fused-ring (bicyclic) bond motifs is 1. The Bertz CT molecular complexity index is 1150. The number of nitrogens with zero attached hydrogens (tertiary/aromatic N) is 2. The van der Waals surface area contributed by atoms with Crippen molar-refractivity contribution in [3.8, 4) is 5.69 Å². The first-order valence-corrected chi connectivity index (χ1v) is 10.2. The molecule has 2 aromatic heterocycles. The maximum atomic E-state index is 12.5. The van der Waals surface area contributed by atoms with Gasteiger partial charge in [0, 0.05) is 21.7 Å². The quantitative estimate of drug-likeness (QED) is 0.627. The number of amides is 2. The monoisotopic (exact) mass is 428 g/mol. The van der Waals surface area contributed by atoms with Crippen molar-refractivity contribution in [3.05, 3.63) is 78.3 Å². The molecule has 3 aromatic rings. The molecule has 0 fully saturated rings. The van der Waals surface area contributed by atoms with Crippen molar-refractivity contribution in [2.24, 2.45) is 0 Å². The van der Waals surface area contributed by atoms with E-state index < -0.39 is 17.2 Å². The average Bonchev–Trinajstić information content (AvgIpc) is 3.29. The van der Waals surface area contributed by atoms with E-state index >= 15 is 0 Å². The first-order valence-electron chi connectivity index (χ1n) is 9.01. The molecule has 2 amide bonds. The van der Waals surface area contributed by atoms with Gasteiger partial charge in [-0.3, -0.25) is 25.2 Å². The van der Waals surface area contributed by atoms with Crippen LogP contribution in [-0.2, 0) is 12.8 Å². The molecule has 1 aromatic carbocycles. The van der Waals surface area contributed by atoms with Crippen LogP contribution in [0.1, 0.15) is 42.7 Å². The highest BCUT2D eigenvalue weighted by molar-refractivity contribution is 7.14. The minimum atomic E-state index is -0.782. The molecule has 0 bridgehead atoms. The molecule has 0 spiro atoms. The van der Waals surface area contributed by atoms with E-state index in [-0.39, 0.29) is 5.69 Å². The third-order valence-corrected chi connectivity index (χ3v) is 6.14. The number of carbonyl (C=O) groups is 2. The van der Waals surface area contributed by atoms with Crippen LogP contribution < -0.4 is 16.3 Å². The number of nitrogens with one attached hydrogen (secondary N) is 2. The standard InChI is InChI=1S/C20H17ClN4O3S/c1-11-9-15(26)18(24-25(11)14-7-5-13(21)6-8-14)20(28)23-22-19(27)17-10-12-3-2-4-16(12)29-17/h5-10H,2-4H2,1H3,(H,22,27)(H,23,28). The normalized spacial score (nSPS) is 12.5. The van der Waals surface area contributed by atoms with Crippen LogP contribution in [0, 0.1) is 6.92 Å². The van der Waals surface area contributed by atoms with Crippen molar-refractivity contribution in [3.63, 3.8) is 0 Å². The predicted molar refractivity (Wildman–Crippen MR) is 111 cm³/mol. The van der Waals surface area contributed by atoms with Crippen molar-refractivity contribution in [2.75, 3.05) is 0 Å². The van der Waals surface area contributed by atoms with Gasteiger partial charge >= 0.3 is 0 Å². The van der Waals surface area contributed by atoms with E-state index in [1.54, 1.807) is 31.2 Å². The minimum Gasteiger partial charge on any atom is -0.287 e. The van der Waals surface area contributed by atoms with Gasteiger partial charge in [0.05, 0.1) is 10.6 Å². The molecule has 0 radical (unpaired) electrons. The number of halogens is 1. The minimum absolute atomic E-state index is 0.320. The highest BCUT2D eigenvalue weighted by Crippen LogP contribution is 2.30. The number of thiophene rings is 1. The fraction of sp³-hybridized carbons (Fsp3) is 0.200. The summed E-state index contributed by atoms with van der Waals surface area (Å²) in [7, 11) is 0. The van der Waals surface area contributed by atoms with Crippen LogP contribution in [0.15, 0.2) is 41.2 Å². The molecule has 0 saturated carbocycles. The third kappa shape index (κ3) is 3.94. The van der Waals surface area contributed by atoms with Crippen LogP contribution in [0.5, 0.6) is 0 Å². The van der Waals surface area contributed by atoms with Gasteiger partial charge in [-0.15, -0.1) is 11.3 Å². The predicted octanol–water partition coefficient (Wildman–Crippen LogP) is 2.82. The fourth-order valence-electron chi connectivity index (χ4n) is 3.22. The van der Waals surface area contributed by atoms with Crippen molar-refractivity contribution < 1.29 is 9.59 Å². The van der Waals surface area contributed by atoms with Crippen LogP contribution in [0.4, 0.5) is 0 Å². The Hall–Kier alpha value is -2.97. The summed E-state index contributed by atoms with van der Waals surface area (Å²) in [5, 5.41) is 4.73. The molecule has 9 heteroatoms. The third-order valence-electron chi connectivity index (χ3n) is 4.65. The smallest absolute Gasteiger partial charge is 0.287 e. The average molecular weight is 429 g/mol. The molecule has 29 heavy (non-hydrogen) atoms. The summed E-state index contributed by atoms with van der Waals surface area (Å²) < 4.78 is 1.47. The van der Waals surface area contributed by atoms with Gasteiger partial charge in [-0.25, -0.2) is 4.68 Å². The molecular formula is C20H17ClN4O3S. The zero-order valence-electron chi connectivity index (χ0n) is 15.5. The second-order valence-corrected chi connectivity index (χ2v) is 8.28. The number of aromatic nitrogens is 2. The van der Waals surface area contributed by atoms with Crippen LogP contribution in [-0.4, -0.2) is 21.6 Å². The van der Waals surface area contributed by atoms with Crippen molar-refractivity contribution in [1.82, 2.24) is 20.6 Å². The first kappa shape index (κ1) is 19.4. The topological polar surface area (TPSA) is 93.1 Å². The number of aryl methyl sites for hydroxylation is 3. The maximum Gasteiger partial charge on any atom is 0.294 e. The summed E-state index contributed by atoms with van der Waals surface area (Å²) in [5.41, 5.74) is 6.19. The van der Waals surface area contributed by atoms with Crippen molar-refractivity contribution >= 4 is 34.8 Å². The summed E-state index contributed by atoms with van der Waals surface area (Å²) in [6.07, 6.45) is 3.07. The van der Waals surface area contributed by atoms with E-state index in [1.165, 1.54) is 32.5 Å². The number of hydrogen-bond donors (Lipinski definition) is 2. The molecule has 0 unspecified atom stereocenters. The Morgan fingerprint density at radius 3 is 2.55 bits per heavy atom. The van der Waals surface area contributed by atoms with Gasteiger partial charge in [-0.05, 0) is 62.1 Å². The van der Waals surface area contributed by atoms with Crippen LogP contribution >= 0.6 is 22.9 Å². The van der Waals surface area contributed by atoms with Gasteiger partial charge in [-0.1, -0.05) is 11.6 Å². The van der Waals surface area contributed by atoms with Gasteiger partial charge in [0.1, 0.15) is 0 Å². The Morgan fingerprint density at radius 2 is 1.83 bits per heavy atom. The number of carbonyl (C=O) groups excluding carboxylic acids is 2. The van der Waals surface area contributed by atoms with Crippen LogP contribution in [0.2, 0.25) is 5.02 Å². The first-order chi connectivity index (χ1) is 13.9. The molecule has 148 valence electrons.